The summed E-state index contributed by atoms with van der Waals surface area (Å²) in [4.78, 5) is 14.5. The number of piperidine rings is 1. The van der Waals surface area contributed by atoms with Crippen molar-refractivity contribution >= 4 is 23.2 Å². The molecule has 23 heavy (non-hydrogen) atoms. The number of aryl methyl sites for hydroxylation is 1. The molecule has 0 radical (unpaired) electrons. The lowest BCUT2D eigenvalue weighted by Gasteiger charge is -2.35. The Hall–Kier alpha value is -2.01. The van der Waals surface area contributed by atoms with Gasteiger partial charge in [0.2, 0.25) is 5.91 Å². The molecule has 0 bridgehead atoms. The first-order valence-electron chi connectivity index (χ1n) is 7.88. The van der Waals surface area contributed by atoms with E-state index in [-0.39, 0.29) is 11.9 Å². The van der Waals surface area contributed by atoms with Crippen LogP contribution in [-0.4, -0.2) is 34.8 Å². The second kappa shape index (κ2) is 7.04. The maximum absolute atomic E-state index is 12.2. The fourth-order valence-electron chi connectivity index (χ4n) is 3.05. The van der Waals surface area contributed by atoms with Crippen LogP contribution in [0.1, 0.15) is 18.4 Å². The number of benzene rings is 1. The Morgan fingerprint density at radius 2 is 2.26 bits per heavy atom. The van der Waals surface area contributed by atoms with Gasteiger partial charge in [-0.25, -0.2) is 0 Å². The van der Waals surface area contributed by atoms with E-state index in [4.69, 9.17) is 11.6 Å². The molecule has 5 nitrogen and oxygen atoms in total. The third-order valence-electron chi connectivity index (χ3n) is 4.10. The summed E-state index contributed by atoms with van der Waals surface area (Å²) in [7, 11) is 1.85. The minimum absolute atomic E-state index is 0.0454. The van der Waals surface area contributed by atoms with Gasteiger partial charge in [0.1, 0.15) is 0 Å². The molecular formula is C17H21ClN4O. The lowest BCUT2D eigenvalue weighted by Crippen LogP contribution is -2.48. The fourth-order valence-corrected chi connectivity index (χ4v) is 3.30. The van der Waals surface area contributed by atoms with Crippen molar-refractivity contribution in [3.8, 4) is 0 Å². The van der Waals surface area contributed by atoms with Crippen LogP contribution in [0.4, 0.5) is 5.69 Å². The highest BCUT2D eigenvalue weighted by atomic mass is 35.5. The van der Waals surface area contributed by atoms with E-state index in [1.54, 1.807) is 10.9 Å². The standard InChI is InChI=1S/C17H21ClN4O/c1-21-11-13(10-19-21)9-17(23)20-14-5-4-8-22(12-14)16-7-3-2-6-15(16)18/h2-3,6-7,10-11,14H,4-5,8-9,12H2,1H3,(H,20,23). The number of nitrogens with zero attached hydrogens (tertiary/aromatic N) is 3. The summed E-state index contributed by atoms with van der Waals surface area (Å²) in [5.74, 6) is 0.0454. The molecular weight excluding hydrogens is 312 g/mol. The number of nitrogens with one attached hydrogen (secondary N) is 1. The van der Waals surface area contributed by atoms with Crippen molar-refractivity contribution in [1.29, 1.82) is 0 Å². The SMILES string of the molecule is Cn1cc(CC(=O)NC2CCCN(c3ccccc3Cl)C2)cn1. The van der Waals surface area contributed by atoms with Crippen LogP contribution in [0, 0.1) is 0 Å². The third kappa shape index (κ3) is 4.05. The normalized spacial score (nSPS) is 18.0. The van der Waals surface area contributed by atoms with Crippen LogP contribution in [0.3, 0.4) is 0 Å². The summed E-state index contributed by atoms with van der Waals surface area (Å²) in [6, 6.07) is 8.02. The number of halogens is 1. The highest BCUT2D eigenvalue weighted by Crippen LogP contribution is 2.27. The first-order valence-corrected chi connectivity index (χ1v) is 8.26. The zero-order chi connectivity index (χ0) is 16.2. The van der Waals surface area contributed by atoms with Crippen LogP contribution in [0.2, 0.25) is 5.02 Å². The van der Waals surface area contributed by atoms with E-state index in [1.807, 2.05) is 37.5 Å². The Morgan fingerprint density at radius 3 is 3.00 bits per heavy atom. The summed E-state index contributed by atoms with van der Waals surface area (Å²) in [5, 5.41) is 7.99. The Balaban J connectivity index is 1.58. The van der Waals surface area contributed by atoms with E-state index in [0.717, 1.165) is 42.2 Å². The molecule has 1 N–H and O–H groups in total. The number of carbonyl (C=O) groups excluding carboxylic acids is 1. The monoisotopic (exact) mass is 332 g/mol. The summed E-state index contributed by atoms with van der Waals surface area (Å²) >= 11 is 6.28. The molecule has 1 saturated heterocycles. The lowest BCUT2D eigenvalue weighted by molar-refractivity contribution is -0.121. The van der Waals surface area contributed by atoms with Gasteiger partial charge in [0, 0.05) is 32.4 Å². The molecule has 122 valence electrons. The van der Waals surface area contributed by atoms with Crippen LogP contribution < -0.4 is 10.2 Å². The maximum Gasteiger partial charge on any atom is 0.224 e. The average Bonchev–Trinajstić information content (AvgIpc) is 2.93. The number of anilines is 1. The smallest absolute Gasteiger partial charge is 0.224 e. The zero-order valence-electron chi connectivity index (χ0n) is 13.2. The second-order valence-corrected chi connectivity index (χ2v) is 6.41. The molecule has 2 aromatic rings. The van der Waals surface area contributed by atoms with Gasteiger partial charge in [-0.05, 0) is 30.5 Å². The third-order valence-corrected chi connectivity index (χ3v) is 4.42. The van der Waals surface area contributed by atoms with Gasteiger partial charge in [0.25, 0.3) is 0 Å². The van der Waals surface area contributed by atoms with Crippen molar-refractivity contribution in [2.45, 2.75) is 25.3 Å². The number of hydrogen-bond donors (Lipinski definition) is 1. The molecule has 0 spiro atoms. The number of para-hydroxylation sites is 1. The molecule has 1 aliphatic heterocycles. The summed E-state index contributed by atoms with van der Waals surface area (Å²) in [6.07, 6.45) is 6.02. The van der Waals surface area contributed by atoms with Crippen molar-refractivity contribution in [3.05, 3.63) is 47.2 Å². The van der Waals surface area contributed by atoms with Crippen molar-refractivity contribution < 1.29 is 4.79 Å². The molecule has 0 saturated carbocycles. The maximum atomic E-state index is 12.2. The molecule has 1 aromatic heterocycles. The Labute approximate surface area is 141 Å². The number of hydrogen-bond acceptors (Lipinski definition) is 3. The Kier molecular flexibility index (Phi) is 4.86. The van der Waals surface area contributed by atoms with Crippen LogP contribution in [0.25, 0.3) is 0 Å². The van der Waals surface area contributed by atoms with E-state index in [0.29, 0.717) is 6.42 Å². The fraction of sp³-hybridized carbons (Fsp3) is 0.412. The number of carbonyl (C=O) groups is 1. The molecule has 0 aliphatic carbocycles. The van der Waals surface area contributed by atoms with Crippen LogP contribution in [-0.2, 0) is 18.3 Å². The Bertz CT molecular complexity index is 685. The van der Waals surface area contributed by atoms with Gasteiger partial charge >= 0.3 is 0 Å². The van der Waals surface area contributed by atoms with E-state index < -0.39 is 0 Å². The molecule has 1 aliphatic rings. The molecule has 1 atom stereocenters. The predicted octanol–water partition coefficient (Wildman–Crippen LogP) is 2.40. The second-order valence-electron chi connectivity index (χ2n) is 6.00. The van der Waals surface area contributed by atoms with E-state index in [9.17, 15) is 4.79 Å². The summed E-state index contributed by atoms with van der Waals surface area (Å²) < 4.78 is 1.71. The van der Waals surface area contributed by atoms with Crippen LogP contribution in [0.15, 0.2) is 36.7 Å². The quantitative estimate of drug-likeness (QED) is 0.935. The minimum atomic E-state index is 0.0454. The molecule has 2 heterocycles. The van der Waals surface area contributed by atoms with E-state index in [1.165, 1.54) is 0 Å². The Morgan fingerprint density at radius 1 is 1.43 bits per heavy atom. The molecule has 1 aromatic carbocycles. The van der Waals surface area contributed by atoms with Gasteiger partial charge in [-0.3, -0.25) is 9.48 Å². The van der Waals surface area contributed by atoms with Gasteiger partial charge in [-0.2, -0.15) is 5.10 Å². The summed E-state index contributed by atoms with van der Waals surface area (Å²) in [5.41, 5.74) is 1.98. The first kappa shape index (κ1) is 15.9. The number of rotatable bonds is 4. The van der Waals surface area contributed by atoms with Crippen molar-refractivity contribution in [2.75, 3.05) is 18.0 Å². The van der Waals surface area contributed by atoms with Crippen molar-refractivity contribution in [3.63, 3.8) is 0 Å². The van der Waals surface area contributed by atoms with Crippen molar-refractivity contribution in [2.24, 2.45) is 7.05 Å². The largest absolute Gasteiger partial charge is 0.368 e. The zero-order valence-corrected chi connectivity index (χ0v) is 14.0. The van der Waals surface area contributed by atoms with Crippen LogP contribution in [0.5, 0.6) is 0 Å². The predicted molar refractivity (Wildman–Crippen MR) is 91.7 cm³/mol. The van der Waals surface area contributed by atoms with Gasteiger partial charge in [0.05, 0.1) is 23.3 Å². The minimum Gasteiger partial charge on any atom is -0.368 e. The topological polar surface area (TPSA) is 50.2 Å². The van der Waals surface area contributed by atoms with E-state index in [2.05, 4.69) is 15.3 Å². The van der Waals surface area contributed by atoms with Gasteiger partial charge < -0.3 is 10.2 Å². The molecule has 1 fully saturated rings. The number of amides is 1. The molecule has 1 amide bonds. The van der Waals surface area contributed by atoms with Gasteiger partial charge in [-0.1, -0.05) is 23.7 Å². The van der Waals surface area contributed by atoms with Crippen LogP contribution >= 0.6 is 11.6 Å². The van der Waals surface area contributed by atoms with E-state index >= 15 is 0 Å². The molecule has 6 heteroatoms. The van der Waals surface area contributed by atoms with Gasteiger partial charge in [-0.15, -0.1) is 0 Å². The first-order chi connectivity index (χ1) is 11.1. The van der Waals surface area contributed by atoms with Crippen molar-refractivity contribution in [1.82, 2.24) is 15.1 Å². The summed E-state index contributed by atoms with van der Waals surface area (Å²) in [6.45, 7) is 1.77. The molecule has 1 unspecified atom stereocenters. The highest BCUT2D eigenvalue weighted by Gasteiger charge is 2.22. The van der Waals surface area contributed by atoms with Gasteiger partial charge in [0.15, 0.2) is 0 Å². The average molecular weight is 333 g/mol. The molecule has 3 rings (SSSR count). The highest BCUT2D eigenvalue weighted by molar-refractivity contribution is 6.33. The lowest BCUT2D eigenvalue weighted by atomic mass is 10.0. The number of aromatic nitrogens is 2.